The van der Waals surface area contributed by atoms with E-state index in [-0.39, 0.29) is 11.8 Å². The molecular weight excluding hydrogens is 204 g/mol. The number of nitrogens with one attached hydrogen (secondary N) is 2. The summed E-state index contributed by atoms with van der Waals surface area (Å²) in [6.07, 6.45) is 1.38. The number of hydrogen-bond donors (Lipinski definition) is 2. The van der Waals surface area contributed by atoms with E-state index in [0.29, 0.717) is 17.8 Å². The van der Waals surface area contributed by atoms with Crippen LogP contribution >= 0.6 is 0 Å². The predicted molar refractivity (Wildman–Crippen MR) is 64.2 cm³/mol. The van der Waals surface area contributed by atoms with E-state index in [1.807, 2.05) is 19.9 Å². The maximum absolute atomic E-state index is 11.7. The second-order valence-corrected chi connectivity index (χ2v) is 3.61. The number of amides is 2. The largest absolute Gasteiger partial charge is 0.327 e. The third-order valence-electron chi connectivity index (χ3n) is 2.46. The molecule has 86 valence electrons. The number of para-hydroxylation sites is 2. The Labute approximate surface area is 95.0 Å². The minimum Gasteiger partial charge on any atom is -0.327 e. The van der Waals surface area contributed by atoms with Gasteiger partial charge in [-0.25, -0.2) is 0 Å². The molecule has 0 bridgehead atoms. The van der Waals surface area contributed by atoms with Gasteiger partial charge in [-0.15, -0.1) is 0 Å². The third-order valence-corrected chi connectivity index (χ3v) is 2.46. The third kappa shape index (κ3) is 3.08. The van der Waals surface area contributed by atoms with Gasteiger partial charge in [0, 0.05) is 5.92 Å². The van der Waals surface area contributed by atoms with Gasteiger partial charge >= 0.3 is 0 Å². The van der Waals surface area contributed by atoms with Crippen LogP contribution in [0.5, 0.6) is 0 Å². The first-order chi connectivity index (χ1) is 7.69. The molecule has 0 saturated heterocycles. The molecule has 0 fully saturated rings. The van der Waals surface area contributed by atoms with Crippen LogP contribution in [-0.4, -0.2) is 12.3 Å². The van der Waals surface area contributed by atoms with Gasteiger partial charge in [-0.2, -0.15) is 0 Å². The van der Waals surface area contributed by atoms with E-state index in [1.165, 1.54) is 0 Å². The second-order valence-electron chi connectivity index (χ2n) is 3.61. The molecule has 1 rings (SSSR count). The molecule has 0 spiro atoms. The van der Waals surface area contributed by atoms with Crippen LogP contribution in [0.2, 0.25) is 0 Å². The van der Waals surface area contributed by atoms with E-state index >= 15 is 0 Å². The van der Waals surface area contributed by atoms with Gasteiger partial charge in [0.2, 0.25) is 12.3 Å². The summed E-state index contributed by atoms with van der Waals surface area (Å²) in [7, 11) is 0. The Kier molecular flexibility index (Phi) is 4.51. The maximum Gasteiger partial charge on any atom is 0.227 e. The Morgan fingerprint density at radius 1 is 1.38 bits per heavy atom. The smallest absolute Gasteiger partial charge is 0.227 e. The summed E-state index contributed by atoms with van der Waals surface area (Å²) >= 11 is 0. The fraction of sp³-hybridized carbons (Fsp3) is 0.333. The van der Waals surface area contributed by atoms with Crippen molar-refractivity contribution in [3.8, 4) is 0 Å². The topological polar surface area (TPSA) is 58.2 Å². The molecule has 2 N–H and O–H groups in total. The quantitative estimate of drug-likeness (QED) is 0.748. The molecule has 0 aromatic heterocycles. The normalized spacial score (nSPS) is 11.6. The molecule has 0 heterocycles. The lowest BCUT2D eigenvalue weighted by molar-refractivity contribution is -0.119. The first-order valence-electron chi connectivity index (χ1n) is 5.29. The van der Waals surface area contributed by atoms with Crippen molar-refractivity contribution in [3.63, 3.8) is 0 Å². The average Bonchev–Trinajstić information content (AvgIpc) is 2.31. The molecule has 16 heavy (non-hydrogen) atoms. The molecule has 4 nitrogen and oxygen atoms in total. The monoisotopic (exact) mass is 220 g/mol. The van der Waals surface area contributed by atoms with Gasteiger partial charge in [-0.3, -0.25) is 9.59 Å². The summed E-state index contributed by atoms with van der Waals surface area (Å²) in [5, 5.41) is 5.33. The summed E-state index contributed by atoms with van der Waals surface area (Å²) in [5.74, 6) is -0.0769. The van der Waals surface area contributed by atoms with E-state index in [4.69, 9.17) is 0 Å². The van der Waals surface area contributed by atoms with Gasteiger partial charge in [0.05, 0.1) is 11.4 Å². The fourth-order valence-electron chi connectivity index (χ4n) is 1.22. The standard InChI is InChI=1S/C12H16N2O2/c1-3-9(2)12(16)14-11-7-5-4-6-10(11)13-8-15/h4-9H,3H2,1-2H3,(H,13,15)(H,14,16). The number of rotatable bonds is 5. The van der Waals surface area contributed by atoms with Crippen LogP contribution in [0.25, 0.3) is 0 Å². The van der Waals surface area contributed by atoms with Crippen molar-refractivity contribution in [2.45, 2.75) is 20.3 Å². The van der Waals surface area contributed by atoms with E-state index in [1.54, 1.807) is 18.2 Å². The Bertz CT molecular complexity index is 377. The van der Waals surface area contributed by atoms with Gasteiger partial charge in [0.1, 0.15) is 0 Å². The molecule has 0 radical (unpaired) electrons. The van der Waals surface area contributed by atoms with Gasteiger partial charge in [-0.05, 0) is 18.6 Å². The van der Waals surface area contributed by atoms with Crippen LogP contribution in [0.4, 0.5) is 11.4 Å². The number of anilines is 2. The zero-order valence-electron chi connectivity index (χ0n) is 9.49. The molecule has 0 saturated carbocycles. The van der Waals surface area contributed by atoms with Gasteiger partial charge in [0.25, 0.3) is 0 Å². The van der Waals surface area contributed by atoms with Crippen LogP contribution in [0.3, 0.4) is 0 Å². The van der Waals surface area contributed by atoms with Crippen LogP contribution in [0.1, 0.15) is 20.3 Å². The molecule has 1 aromatic carbocycles. The zero-order valence-corrected chi connectivity index (χ0v) is 9.49. The Morgan fingerprint density at radius 2 is 2.00 bits per heavy atom. The van der Waals surface area contributed by atoms with Crippen molar-refractivity contribution in [1.29, 1.82) is 0 Å². The molecule has 0 aliphatic rings. The Hall–Kier alpha value is -1.84. The number of benzene rings is 1. The SMILES string of the molecule is CCC(C)C(=O)Nc1ccccc1NC=O. The minimum absolute atomic E-state index is 0.0377. The molecule has 0 aliphatic heterocycles. The molecule has 2 amide bonds. The lowest BCUT2D eigenvalue weighted by Crippen LogP contribution is -2.20. The van der Waals surface area contributed by atoms with E-state index < -0.39 is 0 Å². The van der Waals surface area contributed by atoms with Crippen molar-refractivity contribution in [2.75, 3.05) is 10.6 Å². The highest BCUT2D eigenvalue weighted by atomic mass is 16.2. The highest BCUT2D eigenvalue weighted by molar-refractivity contribution is 5.96. The number of carbonyl (C=O) groups is 2. The minimum atomic E-state index is -0.0392. The molecule has 1 aromatic rings. The molecule has 4 heteroatoms. The highest BCUT2D eigenvalue weighted by Gasteiger charge is 2.11. The van der Waals surface area contributed by atoms with Crippen LogP contribution in [-0.2, 0) is 9.59 Å². The van der Waals surface area contributed by atoms with Crippen molar-refractivity contribution in [1.82, 2.24) is 0 Å². The van der Waals surface area contributed by atoms with E-state index in [0.717, 1.165) is 6.42 Å². The van der Waals surface area contributed by atoms with Crippen molar-refractivity contribution in [3.05, 3.63) is 24.3 Å². The van der Waals surface area contributed by atoms with Gasteiger partial charge < -0.3 is 10.6 Å². The summed E-state index contributed by atoms with van der Waals surface area (Å²) in [6.45, 7) is 3.82. The predicted octanol–water partition coefficient (Wildman–Crippen LogP) is 2.24. The fourth-order valence-corrected chi connectivity index (χ4v) is 1.22. The average molecular weight is 220 g/mol. The highest BCUT2D eigenvalue weighted by Crippen LogP contribution is 2.21. The summed E-state index contributed by atoms with van der Waals surface area (Å²) in [5.41, 5.74) is 1.23. The molecule has 0 aliphatic carbocycles. The zero-order chi connectivity index (χ0) is 12.0. The van der Waals surface area contributed by atoms with Crippen LogP contribution in [0.15, 0.2) is 24.3 Å². The van der Waals surface area contributed by atoms with Gasteiger partial charge in [0.15, 0.2) is 0 Å². The first-order valence-corrected chi connectivity index (χ1v) is 5.29. The van der Waals surface area contributed by atoms with Gasteiger partial charge in [-0.1, -0.05) is 26.0 Å². The molecule has 1 unspecified atom stereocenters. The lowest BCUT2D eigenvalue weighted by atomic mass is 10.1. The summed E-state index contributed by atoms with van der Waals surface area (Å²) in [4.78, 5) is 22.1. The van der Waals surface area contributed by atoms with Crippen LogP contribution < -0.4 is 10.6 Å². The Balaban J connectivity index is 2.79. The second kappa shape index (κ2) is 5.90. The molecule has 1 atom stereocenters. The Morgan fingerprint density at radius 3 is 2.56 bits per heavy atom. The lowest BCUT2D eigenvalue weighted by Gasteiger charge is -2.12. The van der Waals surface area contributed by atoms with Crippen LogP contribution in [0, 0.1) is 5.92 Å². The van der Waals surface area contributed by atoms with E-state index in [9.17, 15) is 9.59 Å². The van der Waals surface area contributed by atoms with Crippen molar-refractivity contribution in [2.24, 2.45) is 5.92 Å². The van der Waals surface area contributed by atoms with Crippen molar-refractivity contribution >= 4 is 23.7 Å². The molecular formula is C12H16N2O2. The summed E-state index contributed by atoms with van der Waals surface area (Å²) < 4.78 is 0. The maximum atomic E-state index is 11.7. The van der Waals surface area contributed by atoms with Crippen molar-refractivity contribution < 1.29 is 9.59 Å². The first kappa shape index (κ1) is 12.2. The number of carbonyl (C=O) groups excluding carboxylic acids is 2. The number of hydrogen-bond acceptors (Lipinski definition) is 2. The summed E-state index contributed by atoms with van der Waals surface area (Å²) in [6, 6.07) is 7.10. The van der Waals surface area contributed by atoms with E-state index in [2.05, 4.69) is 10.6 Å².